The smallest absolute Gasteiger partial charge is 0.102 e. The zero-order valence-electron chi connectivity index (χ0n) is 7.23. The van der Waals surface area contributed by atoms with Crippen LogP contribution < -0.4 is 0 Å². The van der Waals surface area contributed by atoms with E-state index in [1.54, 1.807) is 0 Å². The minimum atomic E-state index is -0.494. The molecule has 0 bridgehead atoms. The third-order valence-electron chi connectivity index (χ3n) is 1.66. The molecular weight excluding hydrogens is 152 g/mol. The molecule has 1 aromatic carbocycles. The topological polar surface area (TPSA) is 29.5 Å². The number of ether oxygens (including phenoxy) is 1. The van der Waals surface area contributed by atoms with E-state index in [0.29, 0.717) is 13.2 Å². The van der Waals surface area contributed by atoms with E-state index in [0.717, 1.165) is 5.56 Å². The molecule has 12 heavy (non-hydrogen) atoms. The standard InChI is InChI=1S/C10H14O2/c1-2-12-8-10(11)9-6-4-3-5-7-9/h3-7,10-11H,2,8H2,1H3/t10-/m0/s1. The Bertz CT molecular complexity index is 208. The first-order valence-electron chi connectivity index (χ1n) is 4.15. The maximum absolute atomic E-state index is 9.53. The van der Waals surface area contributed by atoms with Crippen LogP contribution in [0.2, 0.25) is 0 Å². The summed E-state index contributed by atoms with van der Waals surface area (Å²) in [5.74, 6) is 0. The van der Waals surface area contributed by atoms with Crippen molar-refractivity contribution < 1.29 is 9.84 Å². The fraction of sp³-hybridized carbons (Fsp3) is 0.400. The van der Waals surface area contributed by atoms with Gasteiger partial charge in [0.1, 0.15) is 6.10 Å². The number of aliphatic hydroxyl groups is 1. The first-order chi connectivity index (χ1) is 5.84. The molecule has 0 aliphatic carbocycles. The Morgan fingerprint density at radius 3 is 2.58 bits per heavy atom. The molecule has 1 rings (SSSR count). The molecule has 66 valence electrons. The maximum atomic E-state index is 9.53. The van der Waals surface area contributed by atoms with Crippen molar-refractivity contribution in [2.24, 2.45) is 0 Å². The van der Waals surface area contributed by atoms with Crippen LogP contribution in [0.5, 0.6) is 0 Å². The normalized spacial score (nSPS) is 12.8. The molecule has 1 atom stereocenters. The Hall–Kier alpha value is -0.860. The lowest BCUT2D eigenvalue weighted by Gasteiger charge is -2.09. The summed E-state index contributed by atoms with van der Waals surface area (Å²) in [7, 11) is 0. The highest BCUT2D eigenvalue weighted by molar-refractivity contribution is 5.17. The van der Waals surface area contributed by atoms with Gasteiger partial charge in [0.15, 0.2) is 0 Å². The number of hydrogen-bond donors (Lipinski definition) is 1. The summed E-state index contributed by atoms with van der Waals surface area (Å²) in [6.07, 6.45) is -0.494. The van der Waals surface area contributed by atoms with E-state index in [1.165, 1.54) is 0 Å². The van der Waals surface area contributed by atoms with Gasteiger partial charge in [-0.05, 0) is 12.5 Å². The van der Waals surface area contributed by atoms with Gasteiger partial charge in [0.25, 0.3) is 0 Å². The summed E-state index contributed by atoms with van der Waals surface area (Å²) in [6, 6.07) is 9.53. The Morgan fingerprint density at radius 2 is 2.00 bits per heavy atom. The lowest BCUT2D eigenvalue weighted by molar-refractivity contribution is 0.0420. The molecule has 0 aliphatic rings. The van der Waals surface area contributed by atoms with E-state index >= 15 is 0 Å². The average molecular weight is 166 g/mol. The molecule has 0 heterocycles. The van der Waals surface area contributed by atoms with Crippen LogP contribution in [0.3, 0.4) is 0 Å². The zero-order chi connectivity index (χ0) is 8.81. The molecule has 0 fully saturated rings. The largest absolute Gasteiger partial charge is 0.386 e. The summed E-state index contributed by atoms with van der Waals surface area (Å²) < 4.78 is 5.10. The van der Waals surface area contributed by atoms with Gasteiger partial charge in [-0.2, -0.15) is 0 Å². The quantitative estimate of drug-likeness (QED) is 0.738. The van der Waals surface area contributed by atoms with E-state index in [2.05, 4.69) is 0 Å². The molecule has 0 aromatic heterocycles. The van der Waals surface area contributed by atoms with Crippen LogP contribution >= 0.6 is 0 Å². The van der Waals surface area contributed by atoms with Crippen LogP contribution in [0.1, 0.15) is 18.6 Å². The molecule has 0 spiro atoms. The second-order valence-corrected chi connectivity index (χ2v) is 2.59. The first-order valence-corrected chi connectivity index (χ1v) is 4.15. The van der Waals surface area contributed by atoms with Crippen molar-refractivity contribution in [3.63, 3.8) is 0 Å². The summed E-state index contributed by atoms with van der Waals surface area (Å²) >= 11 is 0. The van der Waals surface area contributed by atoms with Gasteiger partial charge in [0, 0.05) is 6.61 Å². The number of rotatable bonds is 4. The highest BCUT2D eigenvalue weighted by atomic mass is 16.5. The van der Waals surface area contributed by atoms with Crippen molar-refractivity contribution in [1.82, 2.24) is 0 Å². The Kier molecular flexibility index (Phi) is 3.77. The number of hydrogen-bond acceptors (Lipinski definition) is 2. The van der Waals surface area contributed by atoms with Gasteiger partial charge in [-0.1, -0.05) is 30.3 Å². The molecular formula is C10H14O2. The van der Waals surface area contributed by atoms with Crippen LogP contribution in [-0.4, -0.2) is 18.3 Å². The van der Waals surface area contributed by atoms with Gasteiger partial charge in [-0.25, -0.2) is 0 Å². The van der Waals surface area contributed by atoms with E-state index in [9.17, 15) is 5.11 Å². The van der Waals surface area contributed by atoms with Crippen molar-refractivity contribution in [3.8, 4) is 0 Å². The molecule has 0 radical (unpaired) electrons. The molecule has 1 aromatic rings. The van der Waals surface area contributed by atoms with E-state index in [4.69, 9.17) is 4.74 Å². The van der Waals surface area contributed by atoms with Crippen molar-refractivity contribution in [2.75, 3.05) is 13.2 Å². The minimum absolute atomic E-state index is 0.376. The SMILES string of the molecule is CCOC[C@H](O)c1ccccc1. The monoisotopic (exact) mass is 166 g/mol. The Labute approximate surface area is 72.8 Å². The molecule has 2 nitrogen and oxygen atoms in total. The van der Waals surface area contributed by atoms with Gasteiger partial charge in [0.2, 0.25) is 0 Å². The second-order valence-electron chi connectivity index (χ2n) is 2.59. The van der Waals surface area contributed by atoms with Gasteiger partial charge in [-0.15, -0.1) is 0 Å². The Morgan fingerprint density at radius 1 is 1.33 bits per heavy atom. The highest BCUT2D eigenvalue weighted by Crippen LogP contribution is 2.11. The number of benzene rings is 1. The van der Waals surface area contributed by atoms with Gasteiger partial charge >= 0.3 is 0 Å². The van der Waals surface area contributed by atoms with Crippen molar-refractivity contribution in [1.29, 1.82) is 0 Å². The van der Waals surface area contributed by atoms with E-state index in [1.807, 2.05) is 37.3 Å². The van der Waals surface area contributed by atoms with Crippen molar-refractivity contribution in [2.45, 2.75) is 13.0 Å². The lowest BCUT2D eigenvalue weighted by Crippen LogP contribution is -2.06. The van der Waals surface area contributed by atoms with Crippen LogP contribution in [0, 0.1) is 0 Å². The molecule has 1 N–H and O–H groups in total. The third kappa shape index (κ3) is 2.64. The zero-order valence-corrected chi connectivity index (χ0v) is 7.23. The van der Waals surface area contributed by atoms with Gasteiger partial charge in [0.05, 0.1) is 6.61 Å². The van der Waals surface area contributed by atoms with Gasteiger partial charge < -0.3 is 9.84 Å². The number of aliphatic hydroxyl groups excluding tert-OH is 1. The fourth-order valence-electron chi connectivity index (χ4n) is 1.00. The summed E-state index contributed by atoms with van der Waals surface area (Å²) in [5, 5.41) is 9.53. The highest BCUT2D eigenvalue weighted by Gasteiger charge is 2.04. The van der Waals surface area contributed by atoms with E-state index in [-0.39, 0.29) is 0 Å². The third-order valence-corrected chi connectivity index (χ3v) is 1.66. The summed E-state index contributed by atoms with van der Waals surface area (Å²) in [5.41, 5.74) is 0.908. The average Bonchev–Trinajstić information content (AvgIpc) is 2.15. The maximum Gasteiger partial charge on any atom is 0.102 e. The predicted octanol–water partition coefficient (Wildman–Crippen LogP) is 1.76. The molecule has 0 unspecified atom stereocenters. The second kappa shape index (κ2) is 4.91. The lowest BCUT2D eigenvalue weighted by atomic mass is 10.1. The fourth-order valence-corrected chi connectivity index (χ4v) is 1.00. The van der Waals surface area contributed by atoms with Crippen LogP contribution in [0.4, 0.5) is 0 Å². The van der Waals surface area contributed by atoms with Crippen molar-refractivity contribution >= 4 is 0 Å². The van der Waals surface area contributed by atoms with E-state index < -0.39 is 6.10 Å². The molecule has 0 saturated heterocycles. The van der Waals surface area contributed by atoms with Crippen LogP contribution in [0.25, 0.3) is 0 Å². The van der Waals surface area contributed by atoms with Crippen LogP contribution in [-0.2, 0) is 4.74 Å². The first kappa shape index (κ1) is 9.23. The molecule has 0 aliphatic heterocycles. The Balaban J connectivity index is 2.48. The molecule has 0 amide bonds. The molecule has 0 saturated carbocycles. The summed E-state index contributed by atoms with van der Waals surface area (Å²) in [6.45, 7) is 2.93. The minimum Gasteiger partial charge on any atom is -0.386 e. The van der Waals surface area contributed by atoms with Crippen molar-refractivity contribution in [3.05, 3.63) is 35.9 Å². The van der Waals surface area contributed by atoms with Gasteiger partial charge in [-0.3, -0.25) is 0 Å². The van der Waals surface area contributed by atoms with Crippen LogP contribution in [0.15, 0.2) is 30.3 Å². The predicted molar refractivity (Wildman–Crippen MR) is 47.9 cm³/mol. The molecule has 2 heteroatoms. The summed E-state index contributed by atoms with van der Waals surface area (Å²) in [4.78, 5) is 0.